The van der Waals surface area contributed by atoms with E-state index in [1.807, 2.05) is 13.8 Å². The number of amides is 1. The molecule has 2 rings (SSSR count). The molecule has 0 saturated heterocycles. The van der Waals surface area contributed by atoms with E-state index in [1.54, 1.807) is 12.3 Å². The second kappa shape index (κ2) is 4.77. The predicted molar refractivity (Wildman–Crippen MR) is 72.4 cm³/mol. The van der Waals surface area contributed by atoms with Crippen molar-refractivity contribution in [3.8, 4) is 0 Å². The number of nitrogens with two attached hydrogens (primary N) is 1. The predicted octanol–water partition coefficient (Wildman–Crippen LogP) is 2.02. The van der Waals surface area contributed by atoms with E-state index in [0.29, 0.717) is 15.7 Å². The van der Waals surface area contributed by atoms with Gasteiger partial charge in [-0.15, -0.1) is 0 Å². The molecule has 0 radical (unpaired) electrons. The number of nitrogens with one attached hydrogen (secondary N) is 2. The Balaban J connectivity index is 2.30. The zero-order valence-electron chi connectivity index (χ0n) is 9.91. The van der Waals surface area contributed by atoms with E-state index in [1.165, 1.54) is 0 Å². The number of pyridine rings is 1. The molecule has 0 unspecified atom stereocenters. The van der Waals surface area contributed by atoms with Crippen molar-refractivity contribution in [2.45, 2.75) is 13.8 Å². The van der Waals surface area contributed by atoms with E-state index < -0.39 is 0 Å². The van der Waals surface area contributed by atoms with Crippen molar-refractivity contribution in [1.82, 2.24) is 15.2 Å². The highest BCUT2D eigenvalue weighted by Crippen LogP contribution is 2.20. The summed E-state index contributed by atoms with van der Waals surface area (Å²) in [6.45, 7) is 3.64. The number of nitrogens with zero attached hydrogens (tertiary/aromatic N) is 2. The third-order valence-electron chi connectivity index (χ3n) is 2.50. The topological polar surface area (TPSA) is 96.7 Å². The third-order valence-corrected chi connectivity index (χ3v) is 2.93. The average Bonchev–Trinajstić information content (AvgIpc) is 2.64. The molecule has 4 N–H and O–H groups in total. The first kappa shape index (κ1) is 12.6. The first-order valence-electron chi connectivity index (χ1n) is 5.23. The van der Waals surface area contributed by atoms with Gasteiger partial charge in [-0.25, -0.2) is 4.98 Å². The van der Waals surface area contributed by atoms with E-state index in [2.05, 4.69) is 36.4 Å². The summed E-state index contributed by atoms with van der Waals surface area (Å²) in [5, 5.41) is 9.58. The van der Waals surface area contributed by atoms with Crippen LogP contribution in [0.5, 0.6) is 0 Å². The fourth-order valence-corrected chi connectivity index (χ4v) is 1.88. The van der Waals surface area contributed by atoms with Gasteiger partial charge in [0.2, 0.25) is 0 Å². The van der Waals surface area contributed by atoms with Gasteiger partial charge in [-0.2, -0.15) is 5.10 Å². The van der Waals surface area contributed by atoms with Crippen molar-refractivity contribution >= 4 is 33.3 Å². The number of hydrogen-bond donors (Lipinski definition) is 3. The summed E-state index contributed by atoms with van der Waals surface area (Å²) >= 11 is 3.25. The first-order valence-corrected chi connectivity index (χ1v) is 6.02. The van der Waals surface area contributed by atoms with E-state index in [4.69, 9.17) is 5.73 Å². The van der Waals surface area contributed by atoms with Crippen LogP contribution in [0.2, 0.25) is 0 Å². The molecule has 0 fully saturated rings. The van der Waals surface area contributed by atoms with Crippen LogP contribution in [0.4, 0.5) is 11.5 Å². The summed E-state index contributed by atoms with van der Waals surface area (Å²) < 4.78 is 0.697. The Morgan fingerprint density at radius 2 is 2.22 bits per heavy atom. The van der Waals surface area contributed by atoms with E-state index in [-0.39, 0.29) is 11.7 Å². The molecule has 0 aliphatic heterocycles. The fraction of sp³-hybridized carbons (Fsp3) is 0.182. The number of aromatic amines is 1. The molecule has 2 aromatic heterocycles. The number of aryl methyl sites for hydroxylation is 2. The normalized spacial score (nSPS) is 10.4. The molecule has 7 heteroatoms. The Morgan fingerprint density at radius 1 is 1.50 bits per heavy atom. The standard InChI is InChI=1S/C11H12BrN5O/c1-5-9(6(2)17-16-5)15-11(18)8-3-7(12)4-14-10(8)13/h3-4H,1-2H3,(H2,13,14)(H,15,18)(H,16,17). The van der Waals surface area contributed by atoms with Gasteiger partial charge in [-0.3, -0.25) is 9.89 Å². The molecule has 6 nitrogen and oxygen atoms in total. The first-order chi connectivity index (χ1) is 8.49. The number of halogens is 1. The average molecular weight is 310 g/mol. The zero-order chi connectivity index (χ0) is 13.3. The van der Waals surface area contributed by atoms with Gasteiger partial charge in [0.15, 0.2) is 0 Å². The molecule has 0 aliphatic carbocycles. The molecule has 2 heterocycles. The number of H-pyrrole nitrogens is 1. The summed E-state index contributed by atoms with van der Waals surface area (Å²) in [4.78, 5) is 16.0. The molecule has 0 spiro atoms. The molecule has 0 bridgehead atoms. The van der Waals surface area contributed by atoms with Crippen molar-refractivity contribution in [2.75, 3.05) is 11.1 Å². The Morgan fingerprint density at radius 3 is 2.83 bits per heavy atom. The minimum Gasteiger partial charge on any atom is -0.383 e. The van der Waals surface area contributed by atoms with Crippen LogP contribution in [0.3, 0.4) is 0 Å². The molecule has 0 aromatic carbocycles. The maximum Gasteiger partial charge on any atom is 0.259 e. The van der Waals surface area contributed by atoms with Crippen LogP contribution >= 0.6 is 15.9 Å². The van der Waals surface area contributed by atoms with E-state index >= 15 is 0 Å². The lowest BCUT2D eigenvalue weighted by molar-refractivity contribution is 0.102. The number of carbonyl (C=O) groups excluding carboxylic acids is 1. The Kier molecular flexibility index (Phi) is 3.33. The van der Waals surface area contributed by atoms with Crippen LogP contribution in [0.15, 0.2) is 16.7 Å². The monoisotopic (exact) mass is 309 g/mol. The van der Waals surface area contributed by atoms with E-state index in [0.717, 1.165) is 11.4 Å². The lowest BCUT2D eigenvalue weighted by atomic mass is 10.2. The zero-order valence-corrected chi connectivity index (χ0v) is 11.5. The number of carbonyl (C=O) groups is 1. The SMILES string of the molecule is Cc1n[nH]c(C)c1NC(=O)c1cc(Br)cnc1N. The molecule has 18 heavy (non-hydrogen) atoms. The third kappa shape index (κ3) is 2.35. The van der Waals surface area contributed by atoms with Gasteiger partial charge in [-0.05, 0) is 35.8 Å². The lowest BCUT2D eigenvalue weighted by Crippen LogP contribution is -2.15. The number of hydrogen-bond acceptors (Lipinski definition) is 4. The molecule has 94 valence electrons. The Bertz CT molecular complexity index is 588. The molecule has 2 aromatic rings. The molecule has 1 amide bonds. The number of nitrogen functional groups attached to an aromatic ring is 1. The largest absolute Gasteiger partial charge is 0.383 e. The minimum absolute atomic E-state index is 0.189. The highest BCUT2D eigenvalue weighted by Gasteiger charge is 2.15. The van der Waals surface area contributed by atoms with Gasteiger partial charge >= 0.3 is 0 Å². The lowest BCUT2D eigenvalue weighted by Gasteiger charge is -2.07. The van der Waals surface area contributed by atoms with Crippen molar-refractivity contribution in [3.05, 3.63) is 33.7 Å². The van der Waals surface area contributed by atoms with Gasteiger partial charge in [0.05, 0.1) is 22.6 Å². The van der Waals surface area contributed by atoms with Crippen LogP contribution in [0.1, 0.15) is 21.7 Å². The van der Waals surface area contributed by atoms with Crippen LogP contribution < -0.4 is 11.1 Å². The molecule has 0 saturated carbocycles. The smallest absolute Gasteiger partial charge is 0.259 e. The van der Waals surface area contributed by atoms with Gasteiger partial charge in [-0.1, -0.05) is 0 Å². The summed E-state index contributed by atoms with van der Waals surface area (Å²) in [5.74, 6) is -0.122. The summed E-state index contributed by atoms with van der Waals surface area (Å²) in [7, 11) is 0. The van der Waals surface area contributed by atoms with Gasteiger partial charge in [0.25, 0.3) is 5.91 Å². The highest BCUT2D eigenvalue weighted by molar-refractivity contribution is 9.10. The second-order valence-corrected chi connectivity index (χ2v) is 4.77. The molecular formula is C11H12BrN5O. The fourth-order valence-electron chi connectivity index (χ4n) is 1.55. The number of rotatable bonds is 2. The quantitative estimate of drug-likeness (QED) is 0.790. The Hall–Kier alpha value is -1.89. The summed E-state index contributed by atoms with van der Waals surface area (Å²) in [6.07, 6.45) is 1.54. The molecular weight excluding hydrogens is 298 g/mol. The van der Waals surface area contributed by atoms with Crippen molar-refractivity contribution in [3.63, 3.8) is 0 Å². The van der Waals surface area contributed by atoms with Crippen molar-refractivity contribution < 1.29 is 4.79 Å². The van der Waals surface area contributed by atoms with E-state index in [9.17, 15) is 4.79 Å². The summed E-state index contributed by atoms with van der Waals surface area (Å²) in [5.41, 5.74) is 8.19. The van der Waals surface area contributed by atoms with Gasteiger partial charge < -0.3 is 11.1 Å². The van der Waals surface area contributed by atoms with Crippen molar-refractivity contribution in [1.29, 1.82) is 0 Å². The van der Waals surface area contributed by atoms with Crippen LogP contribution in [-0.4, -0.2) is 21.1 Å². The second-order valence-electron chi connectivity index (χ2n) is 3.85. The minimum atomic E-state index is -0.311. The number of anilines is 2. The highest BCUT2D eigenvalue weighted by atomic mass is 79.9. The molecule has 0 atom stereocenters. The van der Waals surface area contributed by atoms with Gasteiger partial charge in [0.1, 0.15) is 5.82 Å². The van der Waals surface area contributed by atoms with Crippen LogP contribution in [0, 0.1) is 13.8 Å². The molecule has 0 aliphatic rings. The van der Waals surface area contributed by atoms with Gasteiger partial charge in [0, 0.05) is 10.7 Å². The maximum absolute atomic E-state index is 12.1. The summed E-state index contributed by atoms with van der Waals surface area (Å²) in [6, 6.07) is 1.63. The van der Waals surface area contributed by atoms with Crippen molar-refractivity contribution in [2.24, 2.45) is 0 Å². The Labute approximate surface area is 112 Å². The number of aromatic nitrogens is 3. The van der Waals surface area contributed by atoms with Crippen LogP contribution in [-0.2, 0) is 0 Å². The maximum atomic E-state index is 12.1. The van der Waals surface area contributed by atoms with Crippen LogP contribution in [0.25, 0.3) is 0 Å².